The van der Waals surface area contributed by atoms with Crippen LogP contribution in [0.4, 0.5) is 5.69 Å². The molecule has 2 atom stereocenters. The van der Waals surface area contributed by atoms with E-state index in [9.17, 15) is 0 Å². The maximum atomic E-state index is 5.49. The number of benzene rings is 1. The second-order valence-corrected chi connectivity index (χ2v) is 7.14. The smallest absolute Gasteiger partial charge is 0.167 e. The Morgan fingerprint density at radius 2 is 1.92 bits per heavy atom. The predicted molar refractivity (Wildman–Crippen MR) is 112 cm³/mol. The number of halogens is 2. The van der Waals surface area contributed by atoms with E-state index in [0.29, 0.717) is 12.0 Å². The van der Waals surface area contributed by atoms with Crippen molar-refractivity contribution >= 4 is 30.5 Å². The van der Waals surface area contributed by atoms with Crippen LogP contribution in [0, 0.1) is 0 Å². The first kappa shape index (κ1) is 21.1. The summed E-state index contributed by atoms with van der Waals surface area (Å²) in [5, 5.41) is 7.53. The van der Waals surface area contributed by atoms with E-state index in [1.54, 1.807) is 6.20 Å². The summed E-state index contributed by atoms with van der Waals surface area (Å²) in [6.07, 6.45) is 6.58. The van der Waals surface area contributed by atoms with Gasteiger partial charge >= 0.3 is 0 Å². The van der Waals surface area contributed by atoms with E-state index in [0.717, 1.165) is 18.7 Å². The second-order valence-electron chi connectivity index (χ2n) is 7.14. The highest BCUT2D eigenvalue weighted by Crippen LogP contribution is 2.46. The molecule has 26 heavy (non-hydrogen) atoms. The summed E-state index contributed by atoms with van der Waals surface area (Å²) in [5.41, 5.74) is 5.58. The lowest BCUT2D eigenvalue weighted by Gasteiger charge is -2.37. The molecular weight excluding hydrogens is 369 g/mol. The molecule has 0 amide bonds. The Kier molecular flexibility index (Phi) is 7.39. The van der Waals surface area contributed by atoms with Gasteiger partial charge in [0.1, 0.15) is 0 Å². The lowest BCUT2D eigenvalue weighted by Crippen LogP contribution is -2.41. The van der Waals surface area contributed by atoms with Gasteiger partial charge in [-0.2, -0.15) is 0 Å². The highest BCUT2D eigenvalue weighted by molar-refractivity contribution is 5.85. The fourth-order valence-electron chi connectivity index (χ4n) is 4.60. The van der Waals surface area contributed by atoms with E-state index in [4.69, 9.17) is 4.52 Å². The maximum absolute atomic E-state index is 5.49. The van der Waals surface area contributed by atoms with Crippen LogP contribution in [0.5, 0.6) is 0 Å². The first-order valence-corrected chi connectivity index (χ1v) is 9.36. The van der Waals surface area contributed by atoms with Gasteiger partial charge < -0.3 is 14.7 Å². The zero-order chi connectivity index (χ0) is 16.5. The molecule has 2 aliphatic rings. The number of hydrogen-bond acceptors (Lipinski definition) is 4. The molecule has 4 rings (SSSR count). The summed E-state index contributed by atoms with van der Waals surface area (Å²) in [6, 6.07) is 7.04. The van der Waals surface area contributed by atoms with Crippen LogP contribution in [0.3, 0.4) is 0 Å². The fraction of sp³-hybridized carbons (Fsp3) is 0.550. The first-order valence-electron chi connectivity index (χ1n) is 9.36. The fourth-order valence-corrected chi connectivity index (χ4v) is 4.60. The Bertz CT molecular complexity index is 699. The predicted octanol–water partition coefficient (Wildman–Crippen LogP) is 5.13. The number of anilines is 1. The van der Waals surface area contributed by atoms with Gasteiger partial charge in [0.15, 0.2) is 5.76 Å². The average Bonchev–Trinajstić information content (AvgIpc) is 3.26. The van der Waals surface area contributed by atoms with Gasteiger partial charge in [-0.1, -0.05) is 19.0 Å². The molecule has 1 aliphatic carbocycles. The minimum Gasteiger partial charge on any atom is -0.384 e. The molecular formula is C20H29Cl2N3O. The molecule has 2 unspecified atom stereocenters. The van der Waals surface area contributed by atoms with Crippen molar-refractivity contribution in [3.8, 4) is 11.3 Å². The number of aromatic nitrogens is 1. The number of nitrogens with one attached hydrogen (secondary N) is 1. The van der Waals surface area contributed by atoms with Crippen LogP contribution in [-0.4, -0.2) is 35.7 Å². The second kappa shape index (κ2) is 9.12. The van der Waals surface area contributed by atoms with E-state index in [2.05, 4.69) is 41.4 Å². The zero-order valence-electron chi connectivity index (χ0n) is 15.5. The Hall–Kier alpha value is -1.23. The minimum atomic E-state index is 0. The number of hydrogen-bond donors (Lipinski definition) is 1. The Morgan fingerprint density at radius 3 is 2.58 bits per heavy atom. The summed E-state index contributed by atoms with van der Waals surface area (Å²) >= 11 is 0. The van der Waals surface area contributed by atoms with Crippen molar-refractivity contribution in [1.29, 1.82) is 0 Å². The molecule has 6 heteroatoms. The van der Waals surface area contributed by atoms with Crippen molar-refractivity contribution in [2.24, 2.45) is 0 Å². The van der Waals surface area contributed by atoms with Crippen molar-refractivity contribution < 1.29 is 4.52 Å². The molecule has 1 aliphatic heterocycles. The third-order valence-electron chi connectivity index (χ3n) is 5.54. The molecule has 0 radical (unpaired) electrons. The van der Waals surface area contributed by atoms with Crippen LogP contribution in [0.2, 0.25) is 0 Å². The zero-order valence-corrected chi connectivity index (χ0v) is 17.2. The SMILES string of the molecule is CCCN(CCC)C1Cc2c(-c3ccno3)ccc3c2C(CN3)C1.Cl.Cl. The number of nitrogens with zero attached hydrogens (tertiary/aromatic N) is 2. The van der Waals surface area contributed by atoms with Gasteiger partial charge in [0, 0.05) is 35.8 Å². The maximum Gasteiger partial charge on any atom is 0.167 e. The molecule has 2 aromatic rings. The lowest BCUT2D eigenvalue weighted by molar-refractivity contribution is 0.172. The van der Waals surface area contributed by atoms with Gasteiger partial charge in [-0.25, -0.2) is 0 Å². The molecule has 0 saturated carbocycles. The number of rotatable bonds is 6. The standard InChI is InChI=1S/C20H27N3O.2ClH/c1-3-9-23(10-4-2)15-11-14-13-21-18-6-5-16(17(12-15)20(14)18)19-7-8-22-24-19;;/h5-8,14-15,21H,3-4,9-13H2,1-2H3;2*1H. The van der Waals surface area contributed by atoms with Crippen molar-refractivity contribution in [2.45, 2.75) is 51.5 Å². The monoisotopic (exact) mass is 397 g/mol. The normalized spacial score (nSPS) is 20.1. The molecule has 0 spiro atoms. The van der Waals surface area contributed by atoms with E-state index >= 15 is 0 Å². The topological polar surface area (TPSA) is 41.3 Å². The van der Waals surface area contributed by atoms with Gasteiger partial charge in [-0.3, -0.25) is 0 Å². The summed E-state index contributed by atoms with van der Waals surface area (Å²) in [7, 11) is 0. The van der Waals surface area contributed by atoms with Gasteiger partial charge in [0.2, 0.25) is 0 Å². The molecule has 4 nitrogen and oxygen atoms in total. The molecule has 1 N–H and O–H groups in total. The van der Waals surface area contributed by atoms with Crippen molar-refractivity contribution in [1.82, 2.24) is 10.1 Å². The third kappa shape index (κ3) is 3.73. The van der Waals surface area contributed by atoms with E-state index in [1.165, 1.54) is 54.7 Å². The third-order valence-corrected chi connectivity index (χ3v) is 5.54. The van der Waals surface area contributed by atoms with Crippen LogP contribution in [-0.2, 0) is 6.42 Å². The summed E-state index contributed by atoms with van der Waals surface area (Å²) in [6.45, 7) is 8.05. The van der Waals surface area contributed by atoms with Crippen LogP contribution < -0.4 is 5.32 Å². The molecule has 2 heterocycles. The molecule has 144 valence electrons. The lowest BCUT2D eigenvalue weighted by atomic mass is 9.78. The van der Waals surface area contributed by atoms with E-state index < -0.39 is 0 Å². The molecule has 1 aromatic carbocycles. The summed E-state index contributed by atoms with van der Waals surface area (Å²) < 4.78 is 5.49. The van der Waals surface area contributed by atoms with Crippen molar-refractivity contribution in [3.63, 3.8) is 0 Å². The van der Waals surface area contributed by atoms with E-state index in [-0.39, 0.29) is 24.8 Å². The first-order chi connectivity index (χ1) is 11.8. The van der Waals surface area contributed by atoms with Crippen LogP contribution in [0.25, 0.3) is 11.3 Å². The van der Waals surface area contributed by atoms with Crippen LogP contribution in [0.15, 0.2) is 28.9 Å². The van der Waals surface area contributed by atoms with Crippen molar-refractivity contribution in [3.05, 3.63) is 35.5 Å². The van der Waals surface area contributed by atoms with E-state index in [1.807, 2.05) is 6.07 Å². The van der Waals surface area contributed by atoms with Crippen molar-refractivity contribution in [2.75, 3.05) is 25.0 Å². The summed E-state index contributed by atoms with van der Waals surface area (Å²) in [5.74, 6) is 1.53. The van der Waals surface area contributed by atoms with Gasteiger partial charge in [0.25, 0.3) is 0 Å². The molecule has 0 saturated heterocycles. The van der Waals surface area contributed by atoms with Crippen LogP contribution in [0.1, 0.15) is 50.2 Å². The Morgan fingerprint density at radius 1 is 1.15 bits per heavy atom. The Labute approximate surface area is 168 Å². The van der Waals surface area contributed by atoms with Crippen LogP contribution >= 0.6 is 24.8 Å². The summed E-state index contributed by atoms with van der Waals surface area (Å²) in [4.78, 5) is 2.71. The highest BCUT2D eigenvalue weighted by Gasteiger charge is 2.36. The quantitative estimate of drug-likeness (QED) is 0.732. The van der Waals surface area contributed by atoms with Gasteiger partial charge in [-0.05, 0) is 62.0 Å². The highest BCUT2D eigenvalue weighted by atomic mass is 35.5. The average molecular weight is 398 g/mol. The Balaban J connectivity index is 0.00000121. The van der Waals surface area contributed by atoms with Gasteiger partial charge in [-0.15, -0.1) is 24.8 Å². The molecule has 1 aromatic heterocycles. The van der Waals surface area contributed by atoms with Gasteiger partial charge in [0.05, 0.1) is 6.20 Å². The largest absolute Gasteiger partial charge is 0.384 e. The molecule has 0 bridgehead atoms. The molecule has 0 fully saturated rings. The minimum absolute atomic E-state index is 0.